The summed E-state index contributed by atoms with van der Waals surface area (Å²) in [6, 6.07) is 4.33. The molecule has 1 nitrogen and oxygen atoms in total. The van der Waals surface area contributed by atoms with Crippen LogP contribution in [0.25, 0.3) is 0 Å². The van der Waals surface area contributed by atoms with Crippen molar-refractivity contribution >= 4 is 11.6 Å². The Labute approximate surface area is 87.5 Å². The van der Waals surface area contributed by atoms with Crippen LogP contribution in [-0.2, 0) is 0 Å². The number of benzene rings is 1. The molecule has 1 aromatic carbocycles. The van der Waals surface area contributed by atoms with Crippen LogP contribution in [0.1, 0.15) is 30.7 Å². The molecule has 0 saturated heterocycles. The molecule has 0 heterocycles. The zero-order chi connectivity index (χ0) is 10.1. The van der Waals surface area contributed by atoms with Gasteiger partial charge in [0.05, 0.1) is 6.10 Å². The molecule has 1 fully saturated rings. The van der Waals surface area contributed by atoms with Crippen LogP contribution in [0.5, 0.6) is 0 Å². The third-order valence-electron chi connectivity index (χ3n) is 2.84. The van der Waals surface area contributed by atoms with Gasteiger partial charge in [-0.3, -0.25) is 0 Å². The smallest absolute Gasteiger partial charge is 0.123 e. The Morgan fingerprint density at radius 3 is 2.79 bits per heavy atom. The summed E-state index contributed by atoms with van der Waals surface area (Å²) in [6.07, 6.45) is 2.30. The molecule has 0 spiro atoms. The standard InChI is InChI=1S/C11H12ClFO/c12-10-5-4-7(13)6-9(10)8-2-1-3-11(8)14/h4-6,8,11,14H,1-3H2. The predicted molar refractivity (Wildman–Crippen MR) is 54.0 cm³/mol. The van der Waals surface area contributed by atoms with E-state index in [4.69, 9.17) is 11.6 Å². The van der Waals surface area contributed by atoms with Gasteiger partial charge in [0.2, 0.25) is 0 Å². The largest absolute Gasteiger partial charge is 0.392 e. The minimum Gasteiger partial charge on any atom is -0.392 e. The highest BCUT2D eigenvalue weighted by Gasteiger charge is 2.28. The molecular weight excluding hydrogens is 203 g/mol. The molecule has 1 saturated carbocycles. The average molecular weight is 215 g/mol. The first-order valence-corrected chi connectivity index (χ1v) is 5.19. The first-order chi connectivity index (χ1) is 6.68. The van der Waals surface area contributed by atoms with Crippen LogP contribution in [0.2, 0.25) is 5.02 Å². The monoisotopic (exact) mass is 214 g/mol. The molecule has 3 heteroatoms. The highest BCUT2D eigenvalue weighted by atomic mass is 35.5. The summed E-state index contributed by atoms with van der Waals surface area (Å²) in [4.78, 5) is 0. The SMILES string of the molecule is OC1CCCC1c1cc(F)ccc1Cl. The maximum absolute atomic E-state index is 13.0. The lowest BCUT2D eigenvalue weighted by atomic mass is 9.96. The fraction of sp³-hybridized carbons (Fsp3) is 0.455. The molecule has 2 unspecified atom stereocenters. The van der Waals surface area contributed by atoms with Crippen LogP contribution in [0, 0.1) is 5.82 Å². The molecule has 0 amide bonds. The van der Waals surface area contributed by atoms with Gasteiger partial charge in [-0.05, 0) is 36.6 Å². The second kappa shape index (κ2) is 3.87. The second-order valence-electron chi connectivity index (χ2n) is 3.77. The van der Waals surface area contributed by atoms with Crippen molar-refractivity contribution in [1.82, 2.24) is 0 Å². The Bertz CT molecular complexity index is 340. The molecule has 2 rings (SSSR count). The minimum atomic E-state index is -0.366. The first kappa shape index (κ1) is 9.94. The van der Waals surface area contributed by atoms with Gasteiger partial charge in [0.15, 0.2) is 0 Å². The summed E-state index contributed by atoms with van der Waals surface area (Å²) in [5.74, 6) is -0.276. The lowest BCUT2D eigenvalue weighted by Gasteiger charge is -2.16. The van der Waals surface area contributed by atoms with E-state index in [1.807, 2.05) is 0 Å². The van der Waals surface area contributed by atoms with Crippen LogP contribution < -0.4 is 0 Å². The summed E-state index contributed by atoms with van der Waals surface area (Å²) in [6.45, 7) is 0. The highest BCUT2D eigenvalue weighted by molar-refractivity contribution is 6.31. The first-order valence-electron chi connectivity index (χ1n) is 4.81. The van der Waals surface area contributed by atoms with Crippen LogP contribution >= 0.6 is 11.6 Å². The lowest BCUT2D eigenvalue weighted by Crippen LogP contribution is -2.11. The van der Waals surface area contributed by atoms with E-state index in [1.54, 1.807) is 6.07 Å². The molecule has 0 aromatic heterocycles. The Kier molecular flexibility index (Phi) is 2.75. The van der Waals surface area contributed by atoms with Gasteiger partial charge in [0, 0.05) is 10.9 Å². The Hall–Kier alpha value is -0.600. The molecular formula is C11H12ClFO. The van der Waals surface area contributed by atoms with Crippen molar-refractivity contribution in [3.63, 3.8) is 0 Å². The van der Waals surface area contributed by atoms with E-state index >= 15 is 0 Å². The van der Waals surface area contributed by atoms with Gasteiger partial charge in [-0.1, -0.05) is 18.0 Å². The van der Waals surface area contributed by atoms with Gasteiger partial charge in [-0.2, -0.15) is 0 Å². The van der Waals surface area contributed by atoms with Crippen molar-refractivity contribution < 1.29 is 9.50 Å². The quantitative estimate of drug-likeness (QED) is 0.762. The van der Waals surface area contributed by atoms with Crippen molar-refractivity contribution in [3.05, 3.63) is 34.6 Å². The number of hydrogen-bond donors (Lipinski definition) is 1. The molecule has 1 N–H and O–H groups in total. The molecule has 1 aliphatic carbocycles. The van der Waals surface area contributed by atoms with Crippen LogP contribution in [-0.4, -0.2) is 11.2 Å². The summed E-state index contributed by atoms with van der Waals surface area (Å²) in [7, 11) is 0. The van der Waals surface area contributed by atoms with Crippen molar-refractivity contribution in [1.29, 1.82) is 0 Å². The van der Waals surface area contributed by atoms with E-state index in [0.717, 1.165) is 24.8 Å². The van der Waals surface area contributed by atoms with Crippen LogP contribution in [0.15, 0.2) is 18.2 Å². The Balaban J connectivity index is 2.34. The number of rotatable bonds is 1. The van der Waals surface area contributed by atoms with Gasteiger partial charge in [0.25, 0.3) is 0 Å². The zero-order valence-corrected chi connectivity index (χ0v) is 8.47. The molecule has 14 heavy (non-hydrogen) atoms. The fourth-order valence-electron chi connectivity index (χ4n) is 2.10. The zero-order valence-electron chi connectivity index (χ0n) is 7.71. The average Bonchev–Trinajstić information content (AvgIpc) is 2.56. The van der Waals surface area contributed by atoms with E-state index < -0.39 is 0 Å². The van der Waals surface area contributed by atoms with Gasteiger partial charge in [0.1, 0.15) is 5.82 Å². The molecule has 2 atom stereocenters. The number of aliphatic hydroxyl groups excluding tert-OH is 1. The topological polar surface area (TPSA) is 20.2 Å². The van der Waals surface area contributed by atoms with Crippen molar-refractivity contribution in [2.24, 2.45) is 0 Å². The van der Waals surface area contributed by atoms with E-state index in [1.165, 1.54) is 12.1 Å². The molecule has 76 valence electrons. The van der Waals surface area contributed by atoms with Crippen molar-refractivity contribution in [2.75, 3.05) is 0 Å². The number of halogens is 2. The van der Waals surface area contributed by atoms with Crippen LogP contribution in [0.3, 0.4) is 0 Å². The number of aliphatic hydroxyl groups is 1. The van der Waals surface area contributed by atoms with E-state index in [0.29, 0.717) is 5.02 Å². The third-order valence-corrected chi connectivity index (χ3v) is 3.18. The van der Waals surface area contributed by atoms with Gasteiger partial charge in [-0.25, -0.2) is 4.39 Å². The summed E-state index contributed by atoms with van der Waals surface area (Å²) in [5.41, 5.74) is 0.747. The Morgan fingerprint density at radius 2 is 2.14 bits per heavy atom. The highest BCUT2D eigenvalue weighted by Crippen LogP contribution is 2.37. The second-order valence-corrected chi connectivity index (χ2v) is 4.18. The van der Waals surface area contributed by atoms with Gasteiger partial charge in [-0.15, -0.1) is 0 Å². The normalized spacial score (nSPS) is 26.8. The fourth-order valence-corrected chi connectivity index (χ4v) is 2.36. The lowest BCUT2D eigenvalue weighted by molar-refractivity contribution is 0.164. The molecule has 0 radical (unpaired) electrons. The summed E-state index contributed by atoms with van der Waals surface area (Å²) in [5, 5.41) is 10.2. The van der Waals surface area contributed by atoms with Crippen molar-refractivity contribution in [3.8, 4) is 0 Å². The van der Waals surface area contributed by atoms with Crippen molar-refractivity contribution in [2.45, 2.75) is 31.3 Å². The van der Waals surface area contributed by atoms with E-state index in [-0.39, 0.29) is 17.8 Å². The van der Waals surface area contributed by atoms with Crippen LogP contribution in [0.4, 0.5) is 4.39 Å². The predicted octanol–water partition coefficient (Wildman–Crippen LogP) is 3.11. The Morgan fingerprint density at radius 1 is 1.36 bits per heavy atom. The van der Waals surface area contributed by atoms with Gasteiger partial charge < -0.3 is 5.11 Å². The molecule has 1 aromatic rings. The molecule has 1 aliphatic rings. The van der Waals surface area contributed by atoms with E-state index in [9.17, 15) is 9.50 Å². The minimum absolute atomic E-state index is 0.0122. The maximum Gasteiger partial charge on any atom is 0.123 e. The summed E-state index contributed by atoms with van der Waals surface area (Å²) < 4.78 is 13.0. The molecule has 0 aliphatic heterocycles. The summed E-state index contributed by atoms with van der Waals surface area (Å²) >= 11 is 5.96. The maximum atomic E-state index is 13.0. The van der Waals surface area contributed by atoms with E-state index in [2.05, 4.69) is 0 Å². The number of hydrogen-bond acceptors (Lipinski definition) is 1. The van der Waals surface area contributed by atoms with Gasteiger partial charge >= 0.3 is 0 Å². The molecule has 0 bridgehead atoms. The third kappa shape index (κ3) is 1.77.